The first-order valence-electron chi connectivity index (χ1n) is 6.99. The molecule has 1 aromatic carbocycles. The first-order valence-corrected chi connectivity index (χ1v) is 6.99. The lowest BCUT2D eigenvalue weighted by Crippen LogP contribution is -2.56. The number of para-hydroxylation sites is 2. The quantitative estimate of drug-likeness (QED) is 0.661. The molecule has 0 aliphatic heterocycles. The predicted octanol–water partition coefficient (Wildman–Crippen LogP) is 0.939. The Hall–Kier alpha value is -1.30. The largest absolute Gasteiger partial charge is 0.493 e. The zero-order valence-corrected chi connectivity index (χ0v) is 11.8. The van der Waals surface area contributed by atoms with Crippen molar-refractivity contribution >= 4 is 0 Å². The lowest BCUT2D eigenvalue weighted by molar-refractivity contribution is 0.0535. The smallest absolute Gasteiger partial charge is 0.161 e. The number of benzene rings is 1. The van der Waals surface area contributed by atoms with Crippen LogP contribution in [0.1, 0.15) is 19.3 Å². The summed E-state index contributed by atoms with van der Waals surface area (Å²) >= 11 is 0. The molecule has 1 aliphatic carbocycles. The van der Waals surface area contributed by atoms with Crippen molar-refractivity contribution in [3.8, 4) is 11.5 Å². The van der Waals surface area contributed by atoms with Crippen LogP contribution < -0.4 is 14.8 Å². The normalized spacial score (nSPS) is 18.1. The summed E-state index contributed by atoms with van der Waals surface area (Å²) in [7, 11) is 1.59. The first kappa shape index (κ1) is 15.1. The van der Waals surface area contributed by atoms with Crippen LogP contribution in [-0.4, -0.2) is 48.7 Å². The first-order chi connectivity index (χ1) is 9.69. The van der Waals surface area contributed by atoms with E-state index in [1.165, 1.54) is 0 Å². The molecule has 0 saturated heterocycles. The summed E-state index contributed by atoms with van der Waals surface area (Å²) in [6.45, 7) is 0.720. The van der Waals surface area contributed by atoms with E-state index in [1.807, 2.05) is 18.2 Å². The van der Waals surface area contributed by atoms with Gasteiger partial charge in [0.05, 0.1) is 13.7 Å². The minimum atomic E-state index is -0.621. The summed E-state index contributed by atoms with van der Waals surface area (Å²) in [5, 5.41) is 22.5. The van der Waals surface area contributed by atoms with Crippen LogP contribution in [0.5, 0.6) is 11.5 Å². The SMILES string of the molecule is COc1ccccc1OCC(O)CNC1(CO)CCC1. The molecule has 0 spiro atoms. The van der Waals surface area contributed by atoms with Crippen molar-refractivity contribution in [3.05, 3.63) is 24.3 Å². The molecule has 1 atom stereocenters. The molecular formula is C15H23NO4. The minimum Gasteiger partial charge on any atom is -0.493 e. The maximum Gasteiger partial charge on any atom is 0.161 e. The van der Waals surface area contributed by atoms with Crippen molar-refractivity contribution in [1.82, 2.24) is 5.32 Å². The fraction of sp³-hybridized carbons (Fsp3) is 0.600. The van der Waals surface area contributed by atoms with Gasteiger partial charge in [0.1, 0.15) is 12.7 Å². The van der Waals surface area contributed by atoms with Crippen LogP contribution in [0.25, 0.3) is 0 Å². The van der Waals surface area contributed by atoms with Crippen molar-refractivity contribution < 1.29 is 19.7 Å². The average Bonchev–Trinajstić information content (AvgIpc) is 2.44. The zero-order chi connectivity index (χ0) is 14.4. The van der Waals surface area contributed by atoms with Crippen molar-refractivity contribution in [3.63, 3.8) is 0 Å². The third-order valence-corrected chi connectivity index (χ3v) is 3.83. The molecule has 0 heterocycles. The lowest BCUT2D eigenvalue weighted by atomic mass is 9.77. The van der Waals surface area contributed by atoms with Crippen LogP contribution in [0.15, 0.2) is 24.3 Å². The monoisotopic (exact) mass is 281 g/mol. The van der Waals surface area contributed by atoms with Crippen LogP contribution in [0.4, 0.5) is 0 Å². The lowest BCUT2D eigenvalue weighted by Gasteiger charge is -2.41. The van der Waals surface area contributed by atoms with Gasteiger partial charge in [-0.2, -0.15) is 0 Å². The van der Waals surface area contributed by atoms with E-state index in [4.69, 9.17) is 9.47 Å². The van der Waals surface area contributed by atoms with Crippen LogP contribution in [0, 0.1) is 0 Å². The molecule has 20 heavy (non-hydrogen) atoms. The highest BCUT2D eigenvalue weighted by atomic mass is 16.5. The molecule has 3 N–H and O–H groups in total. The highest BCUT2D eigenvalue weighted by Crippen LogP contribution is 2.31. The van der Waals surface area contributed by atoms with Gasteiger partial charge in [-0.25, -0.2) is 0 Å². The highest BCUT2D eigenvalue weighted by Gasteiger charge is 2.35. The van der Waals surface area contributed by atoms with E-state index >= 15 is 0 Å². The standard InChI is InChI=1S/C15H23NO4/c1-19-13-5-2-3-6-14(13)20-10-12(18)9-16-15(11-17)7-4-8-15/h2-3,5-6,12,16-18H,4,7-11H2,1H3. The van der Waals surface area contributed by atoms with E-state index in [-0.39, 0.29) is 18.8 Å². The van der Waals surface area contributed by atoms with Gasteiger partial charge in [-0.15, -0.1) is 0 Å². The van der Waals surface area contributed by atoms with Gasteiger partial charge in [0.2, 0.25) is 0 Å². The summed E-state index contributed by atoms with van der Waals surface area (Å²) in [6, 6.07) is 7.35. The molecule has 5 nitrogen and oxygen atoms in total. The molecule has 1 unspecified atom stereocenters. The van der Waals surface area contributed by atoms with Crippen LogP contribution in [0.3, 0.4) is 0 Å². The number of β-amino-alcohol motifs (C(OH)–C–C–N with tert-alkyl or cyclic N) is 1. The molecule has 0 aromatic heterocycles. The molecule has 2 rings (SSSR count). The number of hydrogen-bond donors (Lipinski definition) is 3. The molecule has 1 aliphatic rings. The summed E-state index contributed by atoms with van der Waals surface area (Å²) in [4.78, 5) is 0. The Kier molecular flexibility index (Phi) is 5.23. The van der Waals surface area contributed by atoms with E-state index in [1.54, 1.807) is 13.2 Å². The van der Waals surface area contributed by atoms with E-state index in [0.29, 0.717) is 18.0 Å². The summed E-state index contributed by atoms with van der Waals surface area (Å²) in [5.41, 5.74) is -0.189. The van der Waals surface area contributed by atoms with Gasteiger partial charge in [-0.3, -0.25) is 0 Å². The van der Waals surface area contributed by atoms with Crippen molar-refractivity contribution in [2.24, 2.45) is 0 Å². The van der Waals surface area contributed by atoms with Gasteiger partial charge in [0, 0.05) is 12.1 Å². The second-order valence-corrected chi connectivity index (χ2v) is 5.29. The van der Waals surface area contributed by atoms with Crippen LogP contribution >= 0.6 is 0 Å². The Morgan fingerprint density at radius 1 is 1.30 bits per heavy atom. The van der Waals surface area contributed by atoms with Gasteiger partial charge >= 0.3 is 0 Å². The fourth-order valence-electron chi connectivity index (χ4n) is 2.31. The molecule has 1 aromatic rings. The Balaban J connectivity index is 1.76. The number of ether oxygens (including phenoxy) is 2. The van der Waals surface area contributed by atoms with Crippen LogP contribution in [-0.2, 0) is 0 Å². The summed E-state index contributed by atoms with van der Waals surface area (Å²) in [5.74, 6) is 1.27. The van der Waals surface area contributed by atoms with Gasteiger partial charge < -0.3 is 25.0 Å². The maximum absolute atomic E-state index is 9.94. The highest BCUT2D eigenvalue weighted by molar-refractivity contribution is 5.39. The van der Waals surface area contributed by atoms with Crippen molar-refractivity contribution in [2.45, 2.75) is 30.9 Å². The second-order valence-electron chi connectivity index (χ2n) is 5.29. The number of hydrogen-bond acceptors (Lipinski definition) is 5. The van der Waals surface area contributed by atoms with Crippen molar-refractivity contribution in [1.29, 1.82) is 0 Å². The third kappa shape index (κ3) is 3.62. The molecule has 1 fully saturated rings. The van der Waals surface area contributed by atoms with E-state index in [0.717, 1.165) is 19.3 Å². The number of aliphatic hydroxyl groups is 2. The van der Waals surface area contributed by atoms with E-state index in [9.17, 15) is 10.2 Å². The predicted molar refractivity (Wildman–Crippen MR) is 76.2 cm³/mol. The molecule has 1 saturated carbocycles. The molecule has 0 amide bonds. The molecule has 112 valence electrons. The van der Waals surface area contributed by atoms with Gasteiger partial charge in [-0.05, 0) is 31.4 Å². The third-order valence-electron chi connectivity index (χ3n) is 3.83. The topological polar surface area (TPSA) is 71.0 Å². The summed E-state index contributed by atoms with van der Waals surface area (Å²) < 4.78 is 10.7. The van der Waals surface area contributed by atoms with Crippen molar-refractivity contribution in [2.75, 3.05) is 26.9 Å². The van der Waals surface area contributed by atoms with Gasteiger partial charge in [0.25, 0.3) is 0 Å². The van der Waals surface area contributed by atoms with Crippen LogP contribution in [0.2, 0.25) is 0 Å². The maximum atomic E-state index is 9.94. The number of methoxy groups -OCH3 is 1. The number of nitrogens with one attached hydrogen (secondary N) is 1. The van der Waals surface area contributed by atoms with Gasteiger partial charge in [-0.1, -0.05) is 12.1 Å². The number of aliphatic hydroxyl groups excluding tert-OH is 2. The average molecular weight is 281 g/mol. The zero-order valence-electron chi connectivity index (χ0n) is 11.8. The molecule has 0 radical (unpaired) electrons. The van der Waals surface area contributed by atoms with E-state index in [2.05, 4.69) is 5.32 Å². The number of rotatable bonds is 8. The van der Waals surface area contributed by atoms with Gasteiger partial charge in [0.15, 0.2) is 11.5 Å². The Morgan fingerprint density at radius 3 is 2.55 bits per heavy atom. The minimum absolute atomic E-state index is 0.118. The summed E-state index contributed by atoms with van der Waals surface area (Å²) in [6.07, 6.45) is 2.43. The molecular weight excluding hydrogens is 258 g/mol. The Bertz CT molecular complexity index is 415. The Morgan fingerprint density at radius 2 is 2.00 bits per heavy atom. The second kappa shape index (κ2) is 6.92. The molecule has 5 heteroatoms. The van der Waals surface area contributed by atoms with E-state index < -0.39 is 6.10 Å². The Labute approximate surface area is 119 Å². The molecule has 0 bridgehead atoms. The fourth-order valence-corrected chi connectivity index (χ4v) is 2.31.